The Morgan fingerprint density at radius 1 is 1.30 bits per heavy atom. The number of carbonyl (C=O) groups excluding carboxylic acids is 1. The molecule has 0 radical (unpaired) electrons. The van der Waals surface area contributed by atoms with Gasteiger partial charge in [-0.05, 0) is 55.0 Å². The van der Waals surface area contributed by atoms with E-state index >= 15 is 0 Å². The Hall–Kier alpha value is -1.45. The predicted octanol–water partition coefficient (Wildman–Crippen LogP) is 4.12. The lowest BCUT2D eigenvalue weighted by Gasteiger charge is -2.30. The number of nitrogens with zero attached hydrogens (tertiary/aromatic N) is 1. The van der Waals surface area contributed by atoms with Gasteiger partial charge in [0.05, 0.1) is 12.0 Å². The largest absolute Gasteiger partial charge is 0.326 e. The summed E-state index contributed by atoms with van der Waals surface area (Å²) in [5, 5.41) is -0.364. The van der Waals surface area contributed by atoms with E-state index in [1.54, 1.807) is 0 Å². The van der Waals surface area contributed by atoms with Crippen LogP contribution in [0.15, 0.2) is 34.8 Å². The van der Waals surface area contributed by atoms with E-state index in [2.05, 4.69) is 6.92 Å². The van der Waals surface area contributed by atoms with E-state index in [-0.39, 0.29) is 11.3 Å². The molecule has 0 fully saturated rings. The lowest BCUT2D eigenvalue weighted by atomic mass is 9.80. The van der Waals surface area contributed by atoms with E-state index in [0.29, 0.717) is 6.54 Å². The van der Waals surface area contributed by atoms with Gasteiger partial charge in [-0.3, -0.25) is 9.79 Å². The van der Waals surface area contributed by atoms with Gasteiger partial charge >= 0.3 is 0 Å². The standard InChI is InChI=1S/C19H25ClN2O/c1-4-5-6-16-15(11-21)18(14-9-7-12(2)8-10-14)17(19(20)23)13(3)22-16/h7-10,13,17H,4-6,11,21H2,1-3H3. The van der Waals surface area contributed by atoms with Crippen LogP contribution in [0.2, 0.25) is 0 Å². The summed E-state index contributed by atoms with van der Waals surface area (Å²) in [5.41, 5.74) is 11.2. The first-order valence-corrected chi connectivity index (χ1v) is 8.63. The molecule has 2 rings (SSSR count). The molecule has 0 spiro atoms. The normalized spacial score (nSPS) is 21.3. The van der Waals surface area contributed by atoms with Gasteiger partial charge in [0.15, 0.2) is 0 Å². The van der Waals surface area contributed by atoms with E-state index in [9.17, 15) is 4.79 Å². The SMILES string of the molecule is CCCCC1=NC(C)C(C(=O)Cl)C(c2ccc(C)cc2)=C1CN. The van der Waals surface area contributed by atoms with Crippen molar-refractivity contribution in [3.8, 4) is 0 Å². The highest BCUT2D eigenvalue weighted by Gasteiger charge is 2.34. The van der Waals surface area contributed by atoms with Crippen LogP contribution in [0.5, 0.6) is 0 Å². The Kier molecular flexibility index (Phi) is 6.14. The number of aliphatic imine (C=N–C) groups is 1. The van der Waals surface area contributed by atoms with Crippen molar-refractivity contribution in [3.05, 3.63) is 41.0 Å². The lowest BCUT2D eigenvalue weighted by molar-refractivity contribution is -0.113. The second-order valence-corrected chi connectivity index (χ2v) is 6.54. The first-order valence-electron chi connectivity index (χ1n) is 8.26. The maximum absolute atomic E-state index is 12.1. The third kappa shape index (κ3) is 3.91. The number of carbonyl (C=O) groups is 1. The molecule has 0 saturated carbocycles. The number of hydrogen-bond donors (Lipinski definition) is 1. The summed E-state index contributed by atoms with van der Waals surface area (Å²) in [6, 6.07) is 8.03. The smallest absolute Gasteiger partial charge is 0.231 e. The Bertz CT molecular complexity index is 631. The predicted molar refractivity (Wildman–Crippen MR) is 97.9 cm³/mol. The highest BCUT2D eigenvalue weighted by Crippen LogP contribution is 2.37. The summed E-state index contributed by atoms with van der Waals surface area (Å²) in [6.07, 6.45) is 3.06. The molecule has 4 heteroatoms. The summed E-state index contributed by atoms with van der Waals surface area (Å²) in [6.45, 7) is 6.53. The fraction of sp³-hybridized carbons (Fsp3) is 0.474. The summed E-state index contributed by atoms with van der Waals surface area (Å²) >= 11 is 5.92. The van der Waals surface area contributed by atoms with Crippen molar-refractivity contribution in [2.45, 2.75) is 46.1 Å². The fourth-order valence-corrected chi connectivity index (χ4v) is 3.45. The third-order valence-electron chi connectivity index (χ3n) is 4.40. The number of aryl methyl sites for hydroxylation is 1. The van der Waals surface area contributed by atoms with Crippen LogP contribution in [0.1, 0.15) is 44.2 Å². The van der Waals surface area contributed by atoms with Gasteiger partial charge in [0.2, 0.25) is 5.24 Å². The molecule has 0 aromatic heterocycles. The molecule has 1 aliphatic rings. The zero-order valence-corrected chi connectivity index (χ0v) is 14.9. The Labute approximate surface area is 143 Å². The van der Waals surface area contributed by atoms with E-state index in [0.717, 1.165) is 41.7 Å². The second kappa shape index (κ2) is 7.89. The molecule has 0 aliphatic carbocycles. The molecule has 23 heavy (non-hydrogen) atoms. The Morgan fingerprint density at radius 2 is 1.96 bits per heavy atom. The van der Waals surface area contributed by atoms with E-state index in [1.807, 2.05) is 38.1 Å². The molecule has 2 unspecified atom stereocenters. The van der Waals surface area contributed by atoms with Gasteiger partial charge in [0.1, 0.15) is 0 Å². The number of unbranched alkanes of at least 4 members (excludes halogenated alkanes) is 1. The minimum absolute atomic E-state index is 0.154. The highest BCUT2D eigenvalue weighted by molar-refractivity contribution is 6.65. The van der Waals surface area contributed by atoms with Crippen LogP contribution in [0, 0.1) is 12.8 Å². The average molecular weight is 333 g/mol. The van der Waals surface area contributed by atoms with Crippen molar-refractivity contribution in [2.75, 3.05) is 6.54 Å². The second-order valence-electron chi connectivity index (χ2n) is 6.16. The number of dihydropyridines is 1. The number of nitrogens with two attached hydrogens (primary N) is 1. The summed E-state index contributed by atoms with van der Waals surface area (Å²) in [4.78, 5) is 16.8. The van der Waals surface area contributed by atoms with Gasteiger partial charge in [0, 0.05) is 12.3 Å². The van der Waals surface area contributed by atoms with Crippen molar-refractivity contribution in [3.63, 3.8) is 0 Å². The number of halogens is 1. The molecular formula is C19H25ClN2O. The first kappa shape index (κ1) is 17.9. The molecule has 0 saturated heterocycles. The zero-order valence-electron chi connectivity index (χ0n) is 14.1. The molecular weight excluding hydrogens is 308 g/mol. The molecule has 0 bridgehead atoms. The highest BCUT2D eigenvalue weighted by atomic mass is 35.5. The van der Waals surface area contributed by atoms with Crippen molar-refractivity contribution in [2.24, 2.45) is 16.6 Å². The van der Waals surface area contributed by atoms with Crippen molar-refractivity contribution >= 4 is 28.1 Å². The van der Waals surface area contributed by atoms with E-state index < -0.39 is 5.92 Å². The van der Waals surface area contributed by atoms with Crippen LogP contribution in [-0.2, 0) is 4.79 Å². The third-order valence-corrected chi connectivity index (χ3v) is 4.64. The number of hydrogen-bond acceptors (Lipinski definition) is 3. The maximum Gasteiger partial charge on any atom is 0.231 e. The van der Waals surface area contributed by atoms with Gasteiger partial charge in [-0.2, -0.15) is 0 Å². The van der Waals surface area contributed by atoms with E-state index in [4.69, 9.17) is 22.3 Å². The van der Waals surface area contributed by atoms with Gasteiger partial charge in [-0.15, -0.1) is 0 Å². The van der Waals surface area contributed by atoms with Gasteiger partial charge in [0.25, 0.3) is 0 Å². The van der Waals surface area contributed by atoms with Crippen LogP contribution < -0.4 is 5.73 Å². The quantitative estimate of drug-likeness (QED) is 0.796. The molecule has 1 aromatic carbocycles. The van der Waals surface area contributed by atoms with E-state index in [1.165, 1.54) is 5.56 Å². The number of benzene rings is 1. The molecule has 2 atom stereocenters. The number of rotatable bonds is 6. The average Bonchev–Trinajstić information content (AvgIpc) is 2.52. The van der Waals surface area contributed by atoms with Crippen LogP contribution in [0.25, 0.3) is 5.57 Å². The zero-order chi connectivity index (χ0) is 17.0. The summed E-state index contributed by atoms with van der Waals surface area (Å²) < 4.78 is 0. The summed E-state index contributed by atoms with van der Waals surface area (Å²) in [7, 11) is 0. The van der Waals surface area contributed by atoms with Gasteiger partial charge in [-0.25, -0.2) is 0 Å². The fourth-order valence-electron chi connectivity index (χ4n) is 3.16. The van der Waals surface area contributed by atoms with Gasteiger partial charge < -0.3 is 5.73 Å². The van der Waals surface area contributed by atoms with Crippen LogP contribution in [-0.4, -0.2) is 23.5 Å². The molecule has 2 N–H and O–H groups in total. The molecule has 3 nitrogen and oxygen atoms in total. The van der Waals surface area contributed by atoms with Crippen LogP contribution in [0.3, 0.4) is 0 Å². The lowest BCUT2D eigenvalue weighted by Crippen LogP contribution is -2.32. The first-order chi connectivity index (χ1) is 11.0. The van der Waals surface area contributed by atoms with Crippen LogP contribution in [0.4, 0.5) is 0 Å². The molecule has 0 amide bonds. The Balaban J connectivity index is 2.58. The topological polar surface area (TPSA) is 55.5 Å². The molecule has 1 aliphatic heterocycles. The molecule has 1 heterocycles. The van der Waals surface area contributed by atoms with Crippen molar-refractivity contribution in [1.29, 1.82) is 0 Å². The summed E-state index contributed by atoms with van der Waals surface area (Å²) in [5.74, 6) is -0.428. The minimum Gasteiger partial charge on any atom is -0.326 e. The van der Waals surface area contributed by atoms with Gasteiger partial charge in [-0.1, -0.05) is 43.2 Å². The molecule has 124 valence electrons. The van der Waals surface area contributed by atoms with Crippen molar-refractivity contribution in [1.82, 2.24) is 0 Å². The minimum atomic E-state index is -0.428. The van der Waals surface area contributed by atoms with Crippen LogP contribution >= 0.6 is 11.6 Å². The Morgan fingerprint density at radius 3 is 2.48 bits per heavy atom. The van der Waals surface area contributed by atoms with Crippen molar-refractivity contribution < 1.29 is 4.79 Å². The maximum atomic E-state index is 12.1. The molecule has 1 aromatic rings. The monoisotopic (exact) mass is 332 g/mol.